The van der Waals surface area contributed by atoms with Gasteiger partial charge < -0.3 is 0 Å². The summed E-state index contributed by atoms with van der Waals surface area (Å²) in [6.07, 6.45) is 0. The van der Waals surface area contributed by atoms with Gasteiger partial charge in [-0.15, -0.1) is 0 Å². The maximum absolute atomic E-state index is 11.4. The molecule has 0 bridgehead atoms. The quantitative estimate of drug-likeness (QED) is 0.312. The van der Waals surface area contributed by atoms with Gasteiger partial charge in [0.15, 0.2) is 11.6 Å². The Hall–Kier alpha value is -0.620. The smallest absolute Gasteiger partial charge is 0.293 e. The third-order valence-corrected chi connectivity index (χ3v) is 3.41. The van der Waals surface area contributed by atoms with Gasteiger partial charge in [0.05, 0.1) is 0 Å². The third kappa shape index (κ3) is 7.81. The van der Waals surface area contributed by atoms with E-state index in [0.717, 1.165) is 24.3 Å². The minimum Gasteiger partial charge on any atom is -0.293 e. The molecule has 0 spiro atoms. The first-order valence-electron chi connectivity index (χ1n) is 5.05. The van der Waals surface area contributed by atoms with Gasteiger partial charge in [-0.2, -0.15) is 16.8 Å². The number of Topliss-reactive ketones (excluding diaryl/α,β-unsaturated/α-hetero) is 2. The molecule has 0 saturated carbocycles. The van der Waals surface area contributed by atoms with Gasteiger partial charge in [0.25, 0.3) is 20.2 Å². The molecule has 0 aliphatic carbocycles. The van der Waals surface area contributed by atoms with E-state index in [-0.39, 0.29) is 40.7 Å². The van der Waals surface area contributed by atoms with Gasteiger partial charge in [-0.3, -0.25) is 18.7 Å². The molecule has 8 nitrogen and oxygen atoms in total. The number of benzene rings is 1. The maximum atomic E-state index is 11.4. The van der Waals surface area contributed by atoms with Gasteiger partial charge in [0, 0.05) is 11.1 Å². The van der Waals surface area contributed by atoms with Crippen molar-refractivity contribution >= 4 is 31.8 Å². The van der Waals surface area contributed by atoms with Gasteiger partial charge in [-0.25, -0.2) is 0 Å². The van der Waals surface area contributed by atoms with E-state index in [1.54, 1.807) is 0 Å². The zero-order chi connectivity index (χ0) is 15.6. The van der Waals surface area contributed by atoms with E-state index in [4.69, 9.17) is 9.11 Å². The monoisotopic (exact) mass is 345 g/mol. The summed E-state index contributed by atoms with van der Waals surface area (Å²) in [6, 6.07) is 4.46. The second kappa shape index (κ2) is 7.58. The maximum Gasteiger partial charge on any atom is 1.00 e. The number of ketones is 2. The summed E-state index contributed by atoms with van der Waals surface area (Å²) in [7, 11) is -8.90. The predicted octanol–water partition coefficient (Wildman–Crippen LogP) is -3.17. The van der Waals surface area contributed by atoms with Gasteiger partial charge in [-0.05, 0) is 0 Å². The Morgan fingerprint density at radius 2 is 1.00 bits per heavy atom. The Balaban J connectivity index is 0.00000400. The van der Waals surface area contributed by atoms with Crippen LogP contribution >= 0.6 is 0 Å². The van der Waals surface area contributed by atoms with Crippen LogP contribution < -0.4 is 29.6 Å². The Bertz CT molecular complexity index is 669. The SMILES string of the molecule is O=C(CS(=O)(=O)O)c1ccc(C(=O)CS(=O)(=O)O)cc1.[Na+]. The number of carbonyl (C=O) groups excluding carboxylic acids is 2. The average molecular weight is 345 g/mol. The van der Waals surface area contributed by atoms with Crippen LogP contribution in [-0.4, -0.2) is 49.0 Å². The van der Waals surface area contributed by atoms with E-state index in [1.165, 1.54) is 0 Å². The summed E-state index contributed by atoms with van der Waals surface area (Å²) in [5.41, 5.74) is -0.128. The molecule has 0 unspecified atom stereocenters. The zero-order valence-corrected chi connectivity index (χ0v) is 14.5. The van der Waals surface area contributed by atoms with Crippen molar-refractivity contribution in [1.29, 1.82) is 0 Å². The summed E-state index contributed by atoms with van der Waals surface area (Å²) in [6.45, 7) is 0. The summed E-state index contributed by atoms with van der Waals surface area (Å²) in [5.74, 6) is -3.93. The van der Waals surface area contributed by atoms with Crippen LogP contribution in [0.2, 0.25) is 0 Å². The molecule has 0 atom stereocenters. The van der Waals surface area contributed by atoms with Crippen molar-refractivity contribution in [1.82, 2.24) is 0 Å². The summed E-state index contributed by atoms with van der Waals surface area (Å²) in [5, 5.41) is 0. The fraction of sp³-hybridized carbons (Fsp3) is 0.200. The molecule has 0 aromatic heterocycles. The van der Waals surface area contributed by atoms with E-state index < -0.39 is 43.3 Å². The molecule has 0 saturated heterocycles. The second-order valence-electron chi connectivity index (χ2n) is 3.88. The van der Waals surface area contributed by atoms with Crippen molar-refractivity contribution in [3.8, 4) is 0 Å². The molecule has 0 heterocycles. The standard InChI is InChI=1S/C10H10O8S2.Na/c11-9(5-19(13,14)15)7-1-2-8(4-3-7)10(12)6-20(16,17)18;/h1-4H,5-6H2,(H,13,14,15)(H,16,17,18);/q;+1. The summed E-state index contributed by atoms with van der Waals surface area (Å²) >= 11 is 0. The Morgan fingerprint density at radius 3 is 1.19 bits per heavy atom. The van der Waals surface area contributed by atoms with E-state index >= 15 is 0 Å². The first kappa shape index (κ1) is 20.4. The Labute approximate surface area is 143 Å². The molecule has 1 rings (SSSR count). The number of rotatable bonds is 6. The van der Waals surface area contributed by atoms with E-state index in [1.807, 2.05) is 0 Å². The molecular weight excluding hydrogens is 335 g/mol. The molecule has 0 amide bonds. The minimum atomic E-state index is -4.45. The largest absolute Gasteiger partial charge is 1.00 e. The van der Waals surface area contributed by atoms with Crippen LogP contribution in [0.15, 0.2) is 24.3 Å². The molecule has 1 aromatic carbocycles. The Kier molecular flexibility index (Phi) is 7.36. The number of hydrogen-bond donors (Lipinski definition) is 2. The topological polar surface area (TPSA) is 143 Å². The van der Waals surface area contributed by atoms with Crippen LogP contribution in [0, 0.1) is 0 Å². The van der Waals surface area contributed by atoms with Crippen LogP contribution in [0.1, 0.15) is 20.7 Å². The summed E-state index contributed by atoms with van der Waals surface area (Å²) in [4.78, 5) is 22.8. The molecule has 1 aromatic rings. The molecule has 2 N–H and O–H groups in total. The number of carbonyl (C=O) groups is 2. The molecule has 11 heteroatoms. The van der Waals surface area contributed by atoms with E-state index in [0.29, 0.717) is 0 Å². The van der Waals surface area contributed by atoms with Crippen molar-refractivity contribution in [3.05, 3.63) is 35.4 Å². The first-order valence-corrected chi connectivity index (χ1v) is 8.26. The summed E-state index contributed by atoms with van der Waals surface area (Å²) < 4.78 is 59.2. The van der Waals surface area contributed by atoms with Crippen molar-refractivity contribution in [3.63, 3.8) is 0 Å². The molecule has 0 fully saturated rings. The average Bonchev–Trinajstić information content (AvgIpc) is 2.24. The van der Waals surface area contributed by atoms with E-state index in [9.17, 15) is 26.4 Å². The van der Waals surface area contributed by atoms with Crippen molar-refractivity contribution in [2.45, 2.75) is 0 Å². The molecule has 21 heavy (non-hydrogen) atoms. The number of hydrogen-bond acceptors (Lipinski definition) is 6. The fourth-order valence-corrected chi connectivity index (χ4v) is 2.34. The second-order valence-corrected chi connectivity index (χ2v) is 6.78. The van der Waals surface area contributed by atoms with Crippen molar-refractivity contribution < 1.29 is 65.1 Å². The predicted molar refractivity (Wildman–Crippen MR) is 67.9 cm³/mol. The minimum absolute atomic E-state index is 0. The van der Waals surface area contributed by atoms with Gasteiger partial charge >= 0.3 is 29.6 Å². The molecule has 0 radical (unpaired) electrons. The molecular formula is C10H10NaO8S2+. The fourth-order valence-electron chi connectivity index (χ4n) is 1.34. The first-order chi connectivity index (χ1) is 8.98. The third-order valence-electron chi connectivity index (χ3n) is 2.16. The van der Waals surface area contributed by atoms with Crippen molar-refractivity contribution in [2.24, 2.45) is 0 Å². The van der Waals surface area contributed by atoms with Crippen LogP contribution in [0.4, 0.5) is 0 Å². The molecule has 0 aliphatic heterocycles. The van der Waals surface area contributed by atoms with Crippen LogP contribution in [0.3, 0.4) is 0 Å². The molecule has 0 aliphatic rings. The van der Waals surface area contributed by atoms with Gasteiger partial charge in [0.2, 0.25) is 0 Å². The van der Waals surface area contributed by atoms with Gasteiger partial charge in [0.1, 0.15) is 11.5 Å². The van der Waals surface area contributed by atoms with Gasteiger partial charge in [-0.1, -0.05) is 24.3 Å². The van der Waals surface area contributed by atoms with Crippen molar-refractivity contribution in [2.75, 3.05) is 11.5 Å². The molecule has 110 valence electrons. The van der Waals surface area contributed by atoms with Crippen LogP contribution in [0.25, 0.3) is 0 Å². The van der Waals surface area contributed by atoms with Crippen LogP contribution in [-0.2, 0) is 20.2 Å². The zero-order valence-electron chi connectivity index (χ0n) is 10.9. The van der Waals surface area contributed by atoms with Crippen LogP contribution in [0.5, 0.6) is 0 Å². The Morgan fingerprint density at radius 1 is 0.762 bits per heavy atom. The normalized spacial score (nSPS) is 11.5. The van der Waals surface area contributed by atoms with E-state index in [2.05, 4.69) is 0 Å².